The zero-order valence-electron chi connectivity index (χ0n) is 9.78. The molecule has 86 valence electrons. The van der Waals surface area contributed by atoms with E-state index >= 15 is 0 Å². The Morgan fingerprint density at radius 1 is 1.25 bits per heavy atom. The van der Waals surface area contributed by atoms with Gasteiger partial charge < -0.3 is 5.73 Å². The maximum absolute atomic E-state index is 11.4. The first-order valence-corrected chi connectivity index (χ1v) is 5.79. The monoisotopic (exact) mass is 217 g/mol. The van der Waals surface area contributed by atoms with Gasteiger partial charge in [0.15, 0.2) is 5.78 Å². The molecule has 0 spiro atoms. The van der Waals surface area contributed by atoms with Crippen LogP contribution in [-0.4, -0.2) is 5.78 Å². The zero-order valence-corrected chi connectivity index (χ0v) is 9.78. The van der Waals surface area contributed by atoms with Gasteiger partial charge in [0.1, 0.15) is 0 Å². The number of hydrogen-bond donors (Lipinski definition) is 1. The van der Waals surface area contributed by atoms with Gasteiger partial charge in [0.05, 0.1) is 0 Å². The van der Waals surface area contributed by atoms with Crippen molar-refractivity contribution >= 4 is 17.5 Å². The molecule has 1 rings (SSSR count). The van der Waals surface area contributed by atoms with Crippen molar-refractivity contribution < 1.29 is 4.79 Å². The number of nitrogens with two attached hydrogens (primary N) is 1. The molecule has 0 aliphatic rings. The van der Waals surface area contributed by atoms with Crippen LogP contribution in [0.15, 0.2) is 30.3 Å². The van der Waals surface area contributed by atoms with Crippen LogP contribution >= 0.6 is 0 Å². The van der Waals surface area contributed by atoms with Crippen LogP contribution in [0.25, 0.3) is 6.08 Å². The maximum atomic E-state index is 11.4. The Morgan fingerprint density at radius 3 is 2.56 bits per heavy atom. The Labute approximate surface area is 97.2 Å². The summed E-state index contributed by atoms with van der Waals surface area (Å²) in [5.74, 6) is 0.199. The summed E-state index contributed by atoms with van der Waals surface area (Å²) in [5, 5.41) is 0. The number of benzene rings is 1. The lowest BCUT2D eigenvalue weighted by molar-refractivity contribution is -0.114. The summed E-state index contributed by atoms with van der Waals surface area (Å²) in [6, 6.07) is 7.48. The molecule has 0 unspecified atom stereocenters. The highest BCUT2D eigenvalue weighted by atomic mass is 16.1. The number of ketones is 1. The average Bonchev–Trinajstić information content (AvgIpc) is 2.29. The van der Waals surface area contributed by atoms with Gasteiger partial charge in [-0.2, -0.15) is 0 Å². The molecule has 0 aromatic heterocycles. The van der Waals surface area contributed by atoms with E-state index in [2.05, 4.69) is 6.92 Å². The van der Waals surface area contributed by atoms with E-state index in [-0.39, 0.29) is 5.78 Å². The van der Waals surface area contributed by atoms with E-state index in [0.717, 1.165) is 30.5 Å². The summed E-state index contributed by atoms with van der Waals surface area (Å²) in [5.41, 5.74) is 7.33. The second kappa shape index (κ2) is 6.83. The SMILES string of the molecule is CCCCCC(=O)/C=C/c1ccc(N)cc1. The fraction of sp³-hybridized carbons (Fsp3) is 0.357. The first kappa shape index (κ1) is 12.5. The van der Waals surface area contributed by atoms with Gasteiger partial charge >= 0.3 is 0 Å². The van der Waals surface area contributed by atoms with Crippen molar-refractivity contribution in [2.75, 3.05) is 5.73 Å². The molecule has 0 aliphatic heterocycles. The van der Waals surface area contributed by atoms with Crippen LogP contribution in [0.1, 0.15) is 38.2 Å². The molecule has 0 saturated carbocycles. The fourth-order valence-electron chi connectivity index (χ4n) is 1.43. The van der Waals surface area contributed by atoms with E-state index in [0.29, 0.717) is 6.42 Å². The molecule has 0 atom stereocenters. The minimum Gasteiger partial charge on any atom is -0.399 e. The van der Waals surface area contributed by atoms with Crippen molar-refractivity contribution in [3.63, 3.8) is 0 Å². The molecule has 0 radical (unpaired) electrons. The summed E-state index contributed by atoms with van der Waals surface area (Å²) in [6.07, 6.45) is 7.41. The number of allylic oxidation sites excluding steroid dienone is 1. The molecular formula is C14H19NO. The summed E-state index contributed by atoms with van der Waals surface area (Å²) >= 11 is 0. The molecule has 0 fully saturated rings. The largest absolute Gasteiger partial charge is 0.399 e. The predicted octanol–water partition coefficient (Wildman–Crippen LogP) is 3.43. The van der Waals surface area contributed by atoms with Crippen molar-refractivity contribution in [2.45, 2.75) is 32.6 Å². The van der Waals surface area contributed by atoms with Crippen LogP contribution in [0, 0.1) is 0 Å². The van der Waals surface area contributed by atoms with Crippen LogP contribution in [0.5, 0.6) is 0 Å². The Morgan fingerprint density at radius 2 is 1.94 bits per heavy atom. The first-order valence-electron chi connectivity index (χ1n) is 5.79. The Hall–Kier alpha value is -1.57. The molecule has 0 bridgehead atoms. The van der Waals surface area contributed by atoms with Gasteiger partial charge in [-0.15, -0.1) is 0 Å². The van der Waals surface area contributed by atoms with E-state index in [9.17, 15) is 4.79 Å². The van der Waals surface area contributed by atoms with Gasteiger partial charge in [0.25, 0.3) is 0 Å². The minimum atomic E-state index is 0.199. The third-order valence-electron chi connectivity index (χ3n) is 2.42. The minimum absolute atomic E-state index is 0.199. The molecule has 2 heteroatoms. The summed E-state index contributed by atoms with van der Waals surface area (Å²) in [4.78, 5) is 11.4. The molecular weight excluding hydrogens is 198 g/mol. The molecule has 2 N–H and O–H groups in total. The van der Waals surface area contributed by atoms with Crippen molar-refractivity contribution in [1.29, 1.82) is 0 Å². The number of anilines is 1. The summed E-state index contributed by atoms with van der Waals surface area (Å²) in [6.45, 7) is 2.13. The predicted molar refractivity (Wildman–Crippen MR) is 69.0 cm³/mol. The Bertz CT molecular complexity index is 352. The van der Waals surface area contributed by atoms with Crippen molar-refractivity contribution in [2.24, 2.45) is 0 Å². The van der Waals surface area contributed by atoms with Gasteiger partial charge in [0, 0.05) is 12.1 Å². The molecule has 0 heterocycles. The topological polar surface area (TPSA) is 43.1 Å². The smallest absolute Gasteiger partial charge is 0.155 e. The number of hydrogen-bond acceptors (Lipinski definition) is 2. The number of carbonyl (C=O) groups is 1. The third kappa shape index (κ3) is 4.78. The van der Waals surface area contributed by atoms with Crippen LogP contribution in [-0.2, 0) is 4.79 Å². The van der Waals surface area contributed by atoms with Gasteiger partial charge in [0.2, 0.25) is 0 Å². The molecule has 0 amide bonds. The number of carbonyl (C=O) groups excluding carboxylic acids is 1. The summed E-state index contributed by atoms with van der Waals surface area (Å²) in [7, 11) is 0. The lowest BCUT2D eigenvalue weighted by Gasteiger charge is -1.96. The van der Waals surface area contributed by atoms with E-state index in [1.165, 1.54) is 0 Å². The van der Waals surface area contributed by atoms with Crippen LogP contribution < -0.4 is 5.73 Å². The molecule has 1 aromatic rings. The zero-order chi connectivity index (χ0) is 11.8. The molecule has 2 nitrogen and oxygen atoms in total. The third-order valence-corrected chi connectivity index (χ3v) is 2.42. The van der Waals surface area contributed by atoms with Crippen LogP contribution in [0.3, 0.4) is 0 Å². The van der Waals surface area contributed by atoms with Gasteiger partial charge in [-0.1, -0.05) is 38.0 Å². The highest BCUT2D eigenvalue weighted by Crippen LogP contribution is 2.08. The van der Waals surface area contributed by atoms with E-state index in [4.69, 9.17) is 5.73 Å². The van der Waals surface area contributed by atoms with E-state index in [1.807, 2.05) is 30.3 Å². The van der Waals surface area contributed by atoms with Crippen LogP contribution in [0.4, 0.5) is 5.69 Å². The van der Waals surface area contributed by atoms with Crippen molar-refractivity contribution in [1.82, 2.24) is 0 Å². The second-order valence-corrected chi connectivity index (χ2v) is 3.92. The van der Waals surface area contributed by atoms with Gasteiger partial charge in [-0.25, -0.2) is 0 Å². The maximum Gasteiger partial charge on any atom is 0.155 e. The Kier molecular flexibility index (Phi) is 5.34. The van der Waals surface area contributed by atoms with Crippen LogP contribution in [0.2, 0.25) is 0 Å². The Balaban J connectivity index is 2.41. The quantitative estimate of drug-likeness (QED) is 0.450. The highest BCUT2D eigenvalue weighted by Gasteiger charge is 1.95. The highest BCUT2D eigenvalue weighted by molar-refractivity contribution is 5.93. The summed E-state index contributed by atoms with van der Waals surface area (Å²) < 4.78 is 0. The van der Waals surface area contributed by atoms with Crippen molar-refractivity contribution in [3.8, 4) is 0 Å². The average molecular weight is 217 g/mol. The second-order valence-electron chi connectivity index (χ2n) is 3.92. The molecule has 1 aromatic carbocycles. The fourth-order valence-corrected chi connectivity index (χ4v) is 1.43. The lowest BCUT2D eigenvalue weighted by atomic mass is 10.1. The van der Waals surface area contributed by atoms with Gasteiger partial charge in [-0.3, -0.25) is 4.79 Å². The van der Waals surface area contributed by atoms with E-state index < -0.39 is 0 Å². The van der Waals surface area contributed by atoms with E-state index in [1.54, 1.807) is 6.08 Å². The first-order chi connectivity index (χ1) is 7.72. The molecule has 16 heavy (non-hydrogen) atoms. The molecule has 0 saturated heterocycles. The molecule has 0 aliphatic carbocycles. The standard InChI is InChI=1S/C14H19NO/c1-2-3-4-5-14(16)11-8-12-6-9-13(15)10-7-12/h6-11H,2-5,15H2,1H3/b11-8+. The van der Waals surface area contributed by atoms with Gasteiger partial charge in [-0.05, 0) is 30.2 Å². The number of rotatable bonds is 6. The lowest BCUT2D eigenvalue weighted by Crippen LogP contribution is -1.91. The number of nitrogen functional groups attached to an aromatic ring is 1. The number of unbranched alkanes of at least 4 members (excludes halogenated alkanes) is 2. The van der Waals surface area contributed by atoms with Crippen molar-refractivity contribution in [3.05, 3.63) is 35.9 Å². The normalized spacial score (nSPS) is 10.8.